The summed E-state index contributed by atoms with van der Waals surface area (Å²) >= 11 is 1.84. The molecule has 0 radical (unpaired) electrons. The molecule has 0 saturated heterocycles. The van der Waals surface area contributed by atoms with Gasteiger partial charge in [-0.15, -0.1) is 0 Å². The van der Waals surface area contributed by atoms with Crippen LogP contribution in [0.25, 0.3) is 10.9 Å². The summed E-state index contributed by atoms with van der Waals surface area (Å²) in [4.78, 5) is 5.98. The highest BCUT2D eigenvalue weighted by molar-refractivity contribution is 8.63. The van der Waals surface area contributed by atoms with Crippen molar-refractivity contribution in [2.24, 2.45) is 0 Å². The molecule has 0 bridgehead atoms. The zero-order valence-electron chi connectivity index (χ0n) is 16.7. The SMILES string of the molecule is C=C(C)C(=C)C(C)Oc1cccc2cc(P(=C)(C)Sc3ccccc3)cnc12. The van der Waals surface area contributed by atoms with Crippen LogP contribution in [0.2, 0.25) is 0 Å². The Balaban J connectivity index is 1.91. The van der Waals surface area contributed by atoms with Gasteiger partial charge in [-0.3, -0.25) is 4.98 Å². The first kappa shape index (κ1) is 20.5. The fraction of sp³-hybridized carbons (Fsp3) is 0.167. The van der Waals surface area contributed by atoms with Crippen LogP contribution < -0.4 is 10.0 Å². The third-order valence-electron chi connectivity index (χ3n) is 4.60. The molecule has 2 nitrogen and oxygen atoms in total. The Kier molecular flexibility index (Phi) is 6.17. The summed E-state index contributed by atoms with van der Waals surface area (Å²) in [5, 5.41) is 2.25. The third kappa shape index (κ3) is 4.60. The fourth-order valence-corrected chi connectivity index (χ4v) is 6.79. The first-order valence-electron chi connectivity index (χ1n) is 9.14. The van der Waals surface area contributed by atoms with E-state index in [0.29, 0.717) is 0 Å². The van der Waals surface area contributed by atoms with E-state index in [1.165, 1.54) is 10.2 Å². The van der Waals surface area contributed by atoms with Crippen LogP contribution in [0.3, 0.4) is 0 Å². The number of benzene rings is 2. The second-order valence-electron chi connectivity index (χ2n) is 7.09. The van der Waals surface area contributed by atoms with Crippen LogP contribution in [0.1, 0.15) is 13.8 Å². The summed E-state index contributed by atoms with van der Waals surface area (Å²) in [5.41, 5.74) is 2.68. The number of hydrogen-bond acceptors (Lipinski definition) is 3. The Bertz CT molecular complexity index is 1070. The quantitative estimate of drug-likeness (QED) is 0.328. The first-order chi connectivity index (χ1) is 13.3. The highest BCUT2D eigenvalue weighted by Crippen LogP contribution is 2.57. The van der Waals surface area contributed by atoms with Crippen molar-refractivity contribution in [1.29, 1.82) is 0 Å². The average molecular weight is 408 g/mol. The lowest BCUT2D eigenvalue weighted by Gasteiger charge is -2.21. The van der Waals surface area contributed by atoms with E-state index in [2.05, 4.69) is 62.5 Å². The van der Waals surface area contributed by atoms with Gasteiger partial charge in [0.1, 0.15) is 17.4 Å². The van der Waals surface area contributed by atoms with E-state index in [1.807, 2.05) is 49.6 Å². The monoisotopic (exact) mass is 407 g/mol. The van der Waals surface area contributed by atoms with Crippen molar-refractivity contribution < 1.29 is 4.74 Å². The molecule has 2 atom stereocenters. The number of ether oxygens (including phenoxy) is 1. The van der Waals surface area contributed by atoms with Crippen molar-refractivity contribution in [1.82, 2.24) is 4.98 Å². The van der Waals surface area contributed by atoms with Gasteiger partial charge in [-0.05, 0) is 56.4 Å². The molecule has 0 N–H and O–H groups in total. The average Bonchev–Trinajstić information content (AvgIpc) is 2.67. The predicted octanol–water partition coefficient (Wildman–Crippen LogP) is 6.55. The lowest BCUT2D eigenvalue weighted by molar-refractivity contribution is 0.263. The molecule has 144 valence electrons. The van der Waals surface area contributed by atoms with Gasteiger partial charge in [-0.1, -0.05) is 66.7 Å². The largest absolute Gasteiger partial charge is 0.484 e. The normalized spacial score (nSPS) is 14.2. The second kappa shape index (κ2) is 8.43. The summed E-state index contributed by atoms with van der Waals surface area (Å²) in [6, 6.07) is 18.6. The lowest BCUT2D eigenvalue weighted by Crippen LogP contribution is -2.15. The number of pyridine rings is 1. The molecule has 0 aliphatic heterocycles. The molecular formula is C24H26NOPS. The molecule has 0 aliphatic carbocycles. The van der Waals surface area contributed by atoms with Gasteiger partial charge in [-0.2, -0.15) is 0 Å². The van der Waals surface area contributed by atoms with Crippen molar-refractivity contribution in [2.75, 3.05) is 6.66 Å². The number of para-hydroxylation sites is 1. The van der Waals surface area contributed by atoms with Crippen molar-refractivity contribution in [2.45, 2.75) is 24.8 Å². The van der Waals surface area contributed by atoms with Crippen LogP contribution >= 0.6 is 17.5 Å². The number of nitrogens with zero attached hydrogens (tertiary/aromatic N) is 1. The first-order valence-corrected chi connectivity index (χ1v) is 13.0. The summed E-state index contributed by atoms with van der Waals surface area (Å²) in [6.07, 6.45) is 4.68. The van der Waals surface area contributed by atoms with Gasteiger partial charge < -0.3 is 4.74 Å². The van der Waals surface area contributed by atoms with Crippen molar-refractivity contribution >= 4 is 40.0 Å². The highest BCUT2D eigenvalue weighted by atomic mass is 32.7. The molecule has 1 heterocycles. The molecule has 0 aliphatic rings. The van der Waals surface area contributed by atoms with E-state index in [4.69, 9.17) is 9.72 Å². The smallest absolute Gasteiger partial charge is 0.146 e. The molecular weight excluding hydrogens is 381 g/mol. The van der Waals surface area contributed by atoms with Crippen molar-refractivity contribution in [3.05, 3.63) is 85.1 Å². The Morgan fingerprint density at radius 2 is 1.82 bits per heavy atom. The van der Waals surface area contributed by atoms with E-state index < -0.39 is 6.09 Å². The molecule has 1 aromatic heterocycles. The zero-order valence-corrected chi connectivity index (χ0v) is 18.4. The van der Waals surface area contributed by atoms with E-state index in [-0.39, 0.29) is 6.10 Å². The Morgan fingerprint density at radius 1 is 1.11 bits per heavy atom. The summed E-state index contributed by atoms with van der Waals surface area (Å²) in [5.74, 6) is 0.763. The van der Waals surface area contributed by atoms with E-state index in [1.54, 1.807) is 0 Å². The number of aromatic nitrogens is 1. The minimum atomic E-state index is -1.65. The standard InChI is InChI=1S/C24H26NOPS/c1-17(2)18(3)19(4)26-23-14-10-11-20-15-21(16-25-24(20)23)27(5,6)28-22-12-8-7-9-13-22/h7-16,19H,1,3,5H2,2,4,6H3. The van der Waals surface area contributed by atoms with Crippen LogP contribution in [-0.4, -0.2) is 24.1 Å². The summed E-state index contributed by atoms with van der Waals surface area (Å²) in [7, 11) is 0. The maximum absolute atomic E-state index is 6.14. The molecule has 0 fully saturated rings. The summed E-state index contributed by atoms with van der Waals surface area (Å²) in [6.45, 7) is 14.2. The van der Waals surface area contributed by atoms with E-state index in [0.717, 1.165) is 27.8 Å². The lowest BCUT2D eigenvalue weighted by atomic mass is 10.1. The minimum absolute atomic E-state index is 0.149. The molecule has 3 rings (SSSR count). The number of rotatable bonds is 7. The second-order valence-corrected chi connectivity index (χ2v) is 13.4. The predicted molar refractivity (Wildman–Crippen MR) is 128 cm³/mol. The van der Waals surface area contributed by atoms with Gasteiger partial charge in [0.05, 0.1) is 0 Å². The zero-order chi connectivity index (χ0) is 20.3. The molecule has 0 saturated carbocycles. The van der Waals surface area contributed by atoms with Crippen LogP contribution in [-0.2, 0) is 0 Å². The topological polar surface area (TPSA) is 22.1 Å². The maximum atomic E-state index is 6.14. The molecule has 2 aromatic carbocycles. The van der Waals surface area contributed by atoms with Gasteiger partial charge in [0.2, 0.25) is 0 Å². The third-order valence-corrected chi connectivity index (χ3v) is 9.30. The van der Waals surface area contributed by atoms with Crippen molar-refractivity contribution in [3.63, 3.8) is 0 Å². The Hall–Kier alpha value is -2.22. The fourth-order valence-electron chi connectivity index (χ4n) is 2.85. The highest BCUT2D eigenvalue weighted by Gasteiger charge is 2.16. The van der Waals surface area contributed by atoms with Crippen LogP contribution in [0.5, 0.6) is 5.75 Å². The van der Waals surface area contributed by atoms with Gasteiger partial charge in [0.25, 0.3) is 0 Å². The molecule has 0 spiro atoms. The summed E-state index contributed by atoms with van der Waals surface area (Å²) < 4.78 is 6.14. The van der Waals surface area contributed by atoms with Gasteiger partial charge in [0.15, 0.2) is 0 Å². The molecule has 4 heteroatoms. The minimum Gasteiger partial charge on any atom is -0.484 e. The van der Waals surface area contributed by atoms with Gasteiger partial charge in [0, 0.05) is 21.8 Å². The molecule has 2 unspecified atom stereocenters. The molecule has 3 aromatic rings. The van der Waals surface area contributed by atoms with Crippen molar-refractivity contribution in [3.8, 4) is 5.75 Å². The van der Waals surface area contributed by atoms with E-state index in [9.17, 15) is 0 Å². The van der Waals surface area contributed by atoms with Crippen LogP contribution in [0.15, 0.2) is 90.0 Å². The molecule has 0 amide bonds. The van der Waals surface area contributed by atoms with Crippen LogP contribution in [0, 0.1) is 0 Å². The number of fused-ring (bicyclic) bond motifs is 1. The Morgan fingerprint density at radius 3 is 2.50 bits per heavy atom. The van der Waals surface area contributed by atoms with Gasteiger partial charge in [-0.25, -0.2) is 0 Å². The van der Waals surface area contributed by atoms with Gasteiger partial charge >= 0.3 is 0 Å². The number of hydrogen-bond donors (Lipinski definition) is 0. The van der Waals surface area contributed by atoms with E-state index >= 15 is 0 Å². The molecule has 28 heavy (non-hydrogen) atoms. The van der Waals surface area contributed by atoms with Crippen LogP contribution in [0.4, 0.5) is 0 Å². The maximum Gasteiger partial charge on any atom is 0.146 e. The Labute approximate surface area is 172 Å².